The predicted molar refractivity (Wildman–Crippen MR) is 67.6 cm³/mol. The molecule has 0 aromatic heterocycles. The van der Waals surface area contributed by atoms with Gasteiger partial charge in [0.25, 0.3) is 0 Å². The maximum absolute atomic E-state index is 5.34. The summed E-state index contributed by atoms with van der Waals surface area (Å²) in [7, 11) is 0. The van der Waals surface area contributed by atoms with Crippen LogP contribution in [0.4, 0.5) is 0 Å². The van der Waals surface area contributed by atoms with Crippen molar-refractivity contribution in [1.82, 2.24) is 0 Å². The largest absolute Gasteiger partial charge is 0.489 e. The van der Waals surface area contributed by atoms with Crippen LogP contribution in [0.5, 0.6) is 0 Å². The molecule has 0 aliphatic carbocycles. The third-order valence-corrected chi connectivity index (χ3v) is 1.98. The summed E-state index contributed by atoms with van der Waals surface area (Å²) >= 11 is 0. The minimum Gasteiger partial charge on any atom is -0.489 e. The summed E-state index contributed by atoms with van der Waals surface area (Å²) in [6.07, 6.45) is 1.78. The van der Waals surface area contributed by atoms with E-state index in [4.69, 9.17) is 4.74 Å². The fourth-order valence-electron chi connectivity index (χ4n) is 1.37. The van der Waals surface area contributed by atoms with Crippen LogP contribution in [-0.2, 0) is 4.74 Å². The summed E-state index contributed by atoms with van der Waals surface area (Å²) in [5.41, 5.74) is 3.80. The Hall–Kier alpha value is -1.50. The van der Waals surface area contributed by atoms with Gasteiger partial charge in [-0.3, -0.25) is 0 Å². The van der Waals surface area contributed by atoms with E-state index in [1.165, 1.54) is 0 Å². The van der Waals surface area contributed by atoms with Crippen LogP contribution in [0.15, 0.2) is 60.4 Å². The van der Waals surface area contributed by atoms with Crippen molar-refractivity contribution in [3.8, 4) is 0 Å². The van der Waals surface area contributed by atoms with Gasteiger partial charge in [0.2, 0.25) is 0 Å². The van der Waals surface area contributed by atoms with Gasteiger partial charge < -0.3 is 4.74 Å². The first-order valence-corrected chi connectivity index (χ1v) is 5.10. The Bertz CT molecular complexity index is 329. The zero-order chi connectivity index (χ0) is 12.0. The second kappa shape index (κ2) is 6.07. The van der Waals surface area contributed by atoms with Crippen molar-refractivity contribution in [2.75, 3.05) is 6.61 Å². The smallest absolute Gasteiger partial charge is 0.120 e. The Morgan fingerprint density at radius 1 is 1.33 bits per heavy atom. The second-order valence-electron chi connectivity index (χ2n) is 3.09. The summed E-state index contributed by atoms with van der Waals surface area (Å²) < 4.78 is 5.34. The van der Waals surface area contributed by atoms with Crippen LogP contribution in [0.2, 0.25) is 0 Å². The normalized spacial score (nSPS) is 15.1. The Kier molecular flexibility index (Phi) is 5.46. The highest BCUT2D eigenvalue weighted by Gasteiger charge is 2.18. The van der Waals surface area contributed by atoms with Crippen LogP contribution < -0.4 is 0 Å². The molecular weight excluding hydrogens is 184 g/mol. The lowest BCUT2D eigenvalue weighted by atomic mass is 9.94. The lowest BCUT2D eigenvalue weighted by molar-refractivity contribution is 0.245. The van der Waals surface area contributed by atoms with E-state index >= 15 is 0 Å². The van der Waals surface area contributed by atoms with Crippen molar-refractivity contribution in [2.45, 2.75) is 20.8 Å². The van der Waals surface area contributed by atoms with Crippen molar-refractivity contribution in [1.29, 1.82) is 0 Å². The molecule has 0 radical (unpaired) electrons. The zero-order valence-electron chi connectivity index (χ0n) is 10.0. The van der Waals surface area contributed by atoms with E-state index < -0.39 is 0 Å². The van der Waals surface area contributed by atoms with Gasteiger partial charge in [-0.15, -0.1) is 0 Å². The highest BCUT2D eigenvalue weighted by Crippen LogP contribution is 2.31. The monoisotopic (exact) mass is 204 g/mol. The van der Waals surface area contributed by atoms with Crippen LogP contribution in [0.1, 0.15) is 20.8 Å². The molecule has 0 unspecified atom stereocenters. The maximum atomic E-state index is 5.34. The fourth-order valence-corrected chi connectivity index (χ4v) is 1.37. The lowest BCUT2D eigenvalue weighted by Crippen LogP contribution is -2.10. The van der Waals surface area contributed by atoms with Crippen molar-refractivity contribution in [3.63, 3.8) is 0 Å². The molecule has 1 heterocycles. The molecule has 0 spiro atoms. The van der Waals surface area contributed by atoms with E-state index in [0.29, 0.717) is 12.4 Å². The molecule has 0 atom stereocenters. The maximum Gasteiger partial charge on any atom is 0.120 e. The number of ether oxygens (including phenoxy) is 1. The van der Waals surface area contributed by atoms with E-state index in [1.807, 2.05) is 20.8 Å². The lowest BCUT2D eigenvalue weighted by Gasteiger charge is -2.23. The molecule has 0 N–H and O–H groups in total. The van der Waals surface area contributed by atoms with Crippen molar-refractivity contribution >= 4 is 0 Å². The summed E-state index contributed by atoms with van der Waals surface area (Å²) in [6, 6.07) is 0. The first-order valence-electron chi connectivity index (χ1n) is 5.10. The Morgan fingerprint density at radius 3 is 2.20 bits per heavy atom. The highest BCUT2D eigenvalue weighted by molar-refractivity contribution is 5.56. The Labute approximate surface area is 93.1 Å². The molecule has 15 heavy (non-hydrogen) atoms. The fraction of sp³-hybridized carbons (Fsp3) is 0.286. The van der Waals surface area contributed by atoms with E-state index in [0.717, 1.165) is 22.3 Å². The van der Waals surface area contributed by atoms with Gasteiger partial charge in [0.1, 0.15) is 12.4 Å². The van der Waals surface area contributed by atoms with Crippen LogP contribution in [-0.4, -0.2) is 6.61 Å². The first kappa shape index (κ1) is 13.5. The van der Waals surface area contributed by atoms with Crippen molar-refractivity contribution in [3.05, 3.63) is 60.4 Å². The average molecular weight is 204 g/mol. The molecule has 1 nitrogen and oxygen atoms in total. The molecule has 82 valence electrons. The van der Waals surface area contributed by atoms with Gasteiger partial charge in [-0.05, 0) is 23.6 Å². The molecule has 0 aromatic rings. The summed E-state index contributed by atoms with van der Waals surface area (Å²) in [5, 5.41) is 0. The molecular formula is C14H20O. The van der Waals surface area contributed by atoms with Gasteiger partial charge in [-0.1, -0.05) is 46.2 Å². The Balaban J connectivity index is 0.000000921. The van der Waals surface area contributed by atoms with E-state index in [-0.39, 0.29) is 0 Å². The van der Waals surface area contributed by atoms with Gasteiger partial charge in [-0.25, -0.2) is 0 Å². The minimum atomic E-state index is 0.497. The second-order valence-corrected chi connectivity index (χ2v) is 3.09. The van der Waals surface area contributed by atoms with E-state index in [9.17, 15) is 0 Å². The molecule has 0 fully saturated rings. The number of rotatable bonds is 2. The van der Waals surface area contributed by atoms with Gasteiger partial charge in [0.05, 0.1) is 0 Å². The topological polar surface area (TPSA) is 9.23 Å². The van der Waals surface area contributed by atoms with Crippen LogP contribution in [0, 0.1) is 0 Å². The molecule has 0 saturated heterocycles. The number of hydrogen-bond donors (Lipinski definition) is 0. The minimum absolute atomic E-state index is 0.497. The van der Waals surface area contributed by atoms with Crippen LogP contribution >= 0.6 is 0 Å². The van der Waals surface area contributed by atoms with Crippen LogP contribution in [0.25, 0.3) is 0 Å². The van der Waals surface area contributed by atoms with Crippen molar-refractivity contribution < 1.29 is 4.74 Å². The van der Waals surface area contributed by atoms with Gasteiger partial charge >= 0.3 is 0 Å². The first-order chi connectivity index (χ1) is 7.07. The predicted octanol–water partition coefficient (Wildman–Crippen LogP) is 4.17. The molecule has 0 aromatic carbocycles. The molecule has 0 saturated carbocycles. The summed E-state index contributed by atoms with van der Waals surface area (Å²) in [6.45, 7) is 21.8. The van der Waals surface area contributed by atoms with Gasteiger partial charge in [0, 0.05) is 5.57 Å². The van der Waals surface area contributed by atoms with Crippen molar-refractivity contribution in [2.24, 2.45) is 0 Å². The summed E-state index contributed by atoms with van der Waals surface area (Å²) in [5.74, 6) is 0.662. The molecule has 1 aliphatic heterocycles. The number of allylic oxidation sites excluding steroid dienone is 2. The van der Waals surface area contributed by atoms with E-state index in [2.05, 4.69) is 26.3 Å². The standard InChI is InChI=1S/C12H14O.C2H6/c1-6-11-9(4)7-13-10(5)12(11)8(2)3;1-2/h6H,1-2,4-5,7H2,3H3;1-2H3. The molecule has 1 aliphatic rings. The number of hydrogen-bond acceptors (Lipinski definition) is 1. The third-order valence-electron chi connectivity index (χ3n) is 1.98. The molecule has 0 bridgehead atoms. The van der Waals surface area contributed by atoms with E-state index in [1.54, 1.807) is 6.08 Å². The summed E-state index contributed by atoms with van der Waals surface area (Å²) in [4.78, 5) is 0. The third kappa shape index (κ3) is 2.98. The molecule has 0 amide bonds. The van der Waals surface area contributed by atoms with Gasteiger partial charge in [0.15, 0.2) is 0 Å². The van der Waals surface area contributed by atoms with Gasteiger partial charge in [-0.2, -0.15) is 0 Å². The highest BCUT2D eigenvalue weighted by atomic mass is 16.5. The Morgan fingerprint density at radius 2 is 1.87 bits per heavy atom. The zero-order valence-corrected chi connectivity index (χ0v) is 10.0. The average Bonchev–Trinajstić information content (AvgIpc) is 2.23. The molecule has 1 rings (SSSR count). The quantitative estimate of drug-likeness (QED) is 0.656. The SMILES string of the molecule is C=CC1=C(C(=C)C)C(=C)OCC1=C.CC. The van der Waals surface area contributed by atoms with Crippen LogP contribution in [0.3, 0.4) is 0 Å². The molecule has 1 heteroatoms.